The van der Waals surface area contributed by atoms with Crippen molar-refractivity contribution in [3.05, 3.63) is 23.9 Å². The number of aryl methyl sites for hydroxylation is 1. The van der Waals surface area contributed by atoms with E-state index in [0.29, 0.717) is 0 Å². The average molecular weight is 440 g/mol. The molecule has 13 heteroatoms. The van der Waals surface area contributed by atoms with Gasteiger partial charge in [0.2, 0.25) is 10.0 Å². The van der Waals surface area contributed by atoms with Crippen LogP contribution in [0.1, 0.15) is 12.1 Å². The molecule has 0 saturated heterocycles. The summed E-state index contributed by atoms with van der Waals surface area (Å²) in [6, 6.07) is 2.62. The first-order valence-corrected chi connectivity index (χ1v) is 10.2. The third kappa shape index (κ3) is 5.53. The molecule has 0 radical (unpaired) electrons. The zero-order chi connectivity index (χ0) is 21.3. The van der Waals surface area contributed by atoms with Crippen LogP contribution in [0.4, 0.5) is 13.2 Å². The van der Waals surface area contributed by atoms with Gasteiger partial charge in [0.15, 0.2) is 5.69 Å². The summed E-state index contributed by atoms with van der Waals surface area (Å²) in [4.78, 5) is 12.9. The van der Waals surface area contributed by atoms with Gasteiger partial charge < -0.3 is 10.0 Å². The van der Waals surface area contributed by atoms with Gasteiger partial charge in [-0.2, -0.15) is 18.3 Å². The third-order valence-corrected chi connectivity index (χ3v) is 6.72. The number of nitrogens with zero attached hydrogens (tertiary/aromatic N) is 3. The molecule has 0 fully saturated rings. The van der Waals surface area contributed by atoms with E-state index in [0.717, 1.165) is 22.1 Å². The highest BCUT2D eigenvalue weighted by atomic mass is 32.2. The van der Waals surface area contributed by atoms with Gasteiger partial charge in [0.1, 0.15) is 4.21 Å². The summed E-state index contributed by atoms with van der Waals surface area (Å²) in [5.41, 5.74) is -0.956. The highest BCUT2D eigenvalue weighted by Gasteiger charge is 2.35. The van der Waals surface area contributed by atoms with Crippen LogP contribution in [0.2, 0.25) is 0 Å². The van der Waals surface area contributed by atoms with Crippen LogP contribution in [0.25, 0.3) is 10.6 Å². The zero-order valence-electron chi connectivity index (χ0n) is 15.2. The largest absolute Gasteiger partial charge is 0.481 e. The minimum absolute atomic E-state index is 0.120. The summed E-state index contributed by atoms with van der Waals surface area (Å²) in [5.74, 6) is -1.16. The van der Waals surface area contributed by atoms with Crippen LogP contribution >= 0.6 is 11.3 Å². The van der Waals surface area contributed by atoms with Gasteiger partial charge >= 0.3 is 12.1 Å². The number of likely N-dealkylation sites (N-methyl/N-ethyl adjacent to an activating group) is 1. The number of nitrogens with one attached hydrogen (secondary N) is 1. The van der Waals surface area contributed by atoms with E-state index in [1.165, 1.54) is 19.2 Å². The van der Waals surface area contributed by atoms with E-state index in [1.807, 2.05) is 0 Å². The van der Waals surface area contributed by atoms with Gasteiger partial charge in [-0.05, 0) is 32.3 Å². The molecule has 2 aromatic heterocycles. The quantitative estimate of drug-likeness (QED) is 0.649. The number of hydrogen-bond donors (Lipinski definition) is 2. The van der Waals surface area contributed by atoms with Gasteiger partial charge in [-0.15, -0.1) is 11.3 Å². The molecule has 156 valence electrons. The average Bonchev–Trinajstić information content (AvgIpc) is 3.11. The Hall–Kier alpha value is -1.96. The maximum absolute atomic E-state index is 12.8. The lowest BCUT2D eigenvalue weighted by Gasteiger charge is -2.20. The van der Waals surface area contributed by atoms with Crippen LogP contribution in [0.3, 0.4) is 0 Å². The van der Waals surface area contributed by atoms with Crippen LogP contribution in [-0.2, 0) is 28.0 Å². The van der Waals surface area contributed by atoms with E-state index in [2.05, 4.69) is 9.82 Å². The Morgan fingerprint density at radius 3 is 2.54 bits per heavy atom. The number of hydrogen-bond acceptors (Lipinski definition) is 6. The number of carboxylic acids is 1. The summed E-state index contributed by atoms with van der Waals surface area (Å²) in [7, 11) is 0.632. The molecule has 0 saturated carbocycles. The Kier molecular flexibility index (Phi) is 6.53. The molecule has 0 aliphatic carbocycles. The lowest BCUT2D eigenvalue weighted by atomic mass is 10.2. The number of aliphatic carboxylic acids is 1. The van der Waals surface area contributed by atoms with E-state index < -0.39 is 40.3 Å². The summed E-state index contributed by atoms with van der Waals surface area (Å²) in [6.07, 6.45) is -5.02. The summed E-state index contributed by atoms with van der Waals surface area (Å²) >= 11 is 0.771. The number of aromatic nitrogens is 2. The lowest BCUT2D eigenvalue weighted by Crippen LogP contribution is -2.42. The van der Waals surface area contributed by atoms with E-state index in [9.17, 15) is 26.4 Å². The minimum atomic E-state index is -4.61. The third-order valence-electron chi connectivity index (χ3n) is 3.60. The van der Waals surface area contributed by atoms with Gasteiger partial charge in [0.25, 0.3) is 0 Å². The first-order chi connectivity index (χ1) is 12.8. The van der Waals surface area contributed by atoms with Crippen molar-refractivity contribution in [3.8, 4) is 10.6 Å². The fraction of sp³-hybridized carbons (Fsp3) is 0.467. The fourth-order valence-corrected chi connectivity index (χ4v) is 5.11. The topological polar surface area (TPSA) is 105 Å². The number of alkyl halides is 3. The number of carbonyl (C=O) groups is 1. The van der Waals surface area contributed by atoms with Crippen LogP contribution < -0.4 is 4.72 Å². The summed E-state index contributed by atoms with van der Waals surface area (Å²) in [5, 5.41) is 12.4. The first-order valence-electron chi connectivity index (χ1n) is 7.90. The van der Waals surface area contributed by atoms with Crippen LogP contribution in [0.15, 0.2) is 22.4 Å². The Labute approximate surface area is 163 Å². The van der Waals surface area contributed by atoms with Crippen molar-refractivity contribution in [1.29, 1.82) is 0 Å². The van der Waals surface area contributed by atoms with Gasteiger partial charge in [-0.25, -0.2) is 13.1 Å². The van der Waals surface area contributed by atoms with Crippen molar-refractivity contribution >= 4 is 27.3 Å². The Morgan fingerprint density at radius 2 is 2.04 bits per heavy atom. The second kappa shape index (κ2) is 8.19. The number of rotatable bonds is 8. The molecule has 8 nitrogen and oxygen atoms in total. The van der Waals surface area contributed by atoms with E-state index >= 15 is 0 Å². The normalized spacial score (nSPS) is 13.8. The van der Waals surface area contributed by atoms with Crippen LogP contribution in [0, 0.1) is 0 Å². The van der Waals surface area contributed by atoms with Gasteiger partial charge in [0, 0.05) is 19.6 Å². The molecular formula is C15H19F3N4O4S2. The summed E-state index contributed by atoms with van der Waals surface area (Å²) < 4.78 is 66.8. The minimum Gasteiger partial charge on any atom is -0.481 e. The molecule has 0 aliphatic rings. The maximum atomic E-state index is 12.8. The second-order valence-electron chi connectivity index (χ2n) is 6.33. The van der Waals surface area contributed by atoms with Crippen LogP contribution in [0.5, 0.6) is 0 Å². The highest BCUT2D eigenvalue weighted by molar-refractivity contribution is 7.91. The fourth-order valence-electron chi connectivity index (χ4n) is 2.51. The predicted molar refractivity (Wildman–Crippen MR) is 96.4 cm³/mol. The van der Waals surface area contributed by atoms with Crippen molar-refractivity contribution in [1.82, 2.24) is 19.4 Å². The number of thiophene rings is 1. The molecule has 1 unspecified atom stereocenters. The molecule has 2 heterocycles. The first kappa shape index (κ1) is 22.3. The molecule has 0 amide bonds. The van der Waals surface area contributed by atoms with Crippen molar-refractivity contribution in [2.75, 3.05) is 20.6 Å². The molecule has 0 aromatic carbocycles. The van der Waals surface area contributed by atoms with Crippen molar-refractivity contribution in [3.63, 3.8) is 0 Å². The second-order valence-corrected chi connectivity index (χ2v) is 9.36. The Morgan fingerprint density at radius 1 is 1.39 bits per heavy atom. The smallest absolute Gasteiger partial charge is 0.435 e. The number of halogens is 3. The Balaban J connectivity index is 2.29. The van der Waals surface area contributed by atoms with Crippen molar-refractivity contribution in [2.24, 2.45) is 7.05 Å². The van der Waals surface area contributed by atoms with Crippen molar-refractivity contribution < 1.29 is 31.5 Å². The molecule has 0 bridgehead atoms. The molecular weight excluding hydrogens is 421 g/mol. The molecule has 2 aromatic rings. The van der Waals surface area contributed by atoms with Gasteiger partial charge in [-0.1, -0.05) is 0 Å². The Bertz CT molecular complexity index is 951. The van der Waals surface area contributed by atoms with Gasteiger partial charge in [-0.3, -0.25) is 9.48 Å². The zero-order valence-corrected chi connectivity index (χ0v) is 16.8. The molecule has 0 spiro atoms. The van der Waals surface area contributed by atoms with Crippen LogP contribution in [-0.4, -0.2) is 60.9 Å². The summed E-state index contributed by atoms with van der Waals surface area (Å²) in [6.45, 7) is 0.167. The maximum Gasteiger partial charge on any atom is 0.435 e. The predicted octanol–water partition coefficient (Wildman–Crippen LogP) is 1.85. The molecule has 28 heavy (non-hydrogen) atoms. The number of carboxylic acid groups (broad SMARTS) is 1. The van der Waals surface area contributed by atoms with Crippen molar-refractivity contribution in [2.45, 2.75) is 22.8 Å². The molecule has 2 N–H and O–H groups in total. The molecule has 1 atom stereocenters. The highest BCUT2D eigenvalue weighted by Crippen LogP contribution is 2.35. The van der Waals surface area contributed by atoms with E-state index in [4.69, 9.17) is 5.11 Å². The van der Waals surface area contributed by atoms with E-state index in [1.54, 1.807) is 19.0 Å². The lowest BCUT2D eigenvalue weighted by molar-refractivity contribution is -0.141. The molecule has 2 rings (SSSR count). The standard InChI is InChI=1S/C15H19F3N4O4S2/c1-21(2)8-9(6-13(23)24)20-28(25,26)14-5-4-11(27-14)10-7-12(15(16,17)18)19-22(10)3/h4-5,7,9,20H,6,8H2,1-3H3,(H,23,24). The van der Waals surface area contributed by atoms with Gasteiger partial charge in [0.05, 0.1) is 17.0 Å². The molecule has 0 aliphatic heterocycles. The SMILES string of the molecule is CN(C)CC(CC(=O)O)NS(=O)(=O)c1ccc(-c2cc(C(F)(F)F)nn2C)s1. The number of sulfonamides is 1. The monoisotopic (exact) mass is 440 g/mol. The van der Waals surface area contributed by atoms with E-state index in [-0.39, 0.29) is 21.3 Å².